The van der Waals surface area contributed by atoms with Gasteiger partial charge < -0.3 is 19.5 Å². The average molecular weight is 342 g/mol. The molecule has 2 aliphatic rings. The van der Waals surface area contributed by atoms with E-state index in [1.165, 1.54) is 19.2 Å². The summed E-state index contributed by atoms with van der Waals surface area (Å²) in [5.74, 6) is 1.54. The second-order valence-electron chi connectivity index (χ2n) is 6.55. The van der Waals surface area contributed by atoms with Crippen LogP contribution in [0.1, 0.15) is 36.2 Å². The molecule has 0 unspecified atom stereocenters. The molecule has 4 rings (SSSR count). The van der Waals surface area contributed by atoms with Crippen molar-refractivity contribution < 1.29 is 9.53 Å². The Hall–Kier alpha value is -2.64. The van der Waals surface area contributed by atoms with E-state index in [-0.39, 0.29) is 5.91 Å². The van der Waals surface area contributed by atoms with Gasteiger partial charge in [0.2, 0.25) is 5.88 Å². The molecule has 1 aliphatic heterocycles. The van der Waals surface area contributed by atoms with Crippen LogP contribution in [-0.4, -0.2) is 63.0 Å². The van der Waals surface area contributed by atoms with Crippen molar-refractivity contribution in [1.82, 2.24) is 24.8 Å². The second-order valence-corrected chi connectivity index (χ2v) is 6.55. The van der Waals surface area contributed by atoms with Gasteiger partial charge in [-0.05, 0) is 25.7 Å². The van der Waals surface area contributed by atoms with E-state index >= 15 is 0 Å². The van der Waals surface area contributed by atoms with Crippen molar-refractivity contribution >= 4 is 11.7 Å². The normalized spacial score (nSPS) is 18.2. The maximum Gasteiger partial charge on any atom is 0.271 e. The lowest BCUT2D eigenvalue weighted by Gasteiger charge is -2.39. The molecule has 2 aromatic rings. The fraction of sp³-hybridized carbons (Fsp3) is 0.529. The van der Waals surface area contributed by atoms with E-state index in [4.69, 9.17) is 4.74 Å². The Bertz CT molecular complexity index is 722. The quantitative estimate of drug-likeness (QED) is 0.886. The van der Waals surface area contributed by atoms with E-state index in [1.807, 2.05) is 11.0 Å². The number of H-pyrrole nitrogens is 1. The zero-order valence-corrected chi connectivity index (χ0v) is 14.3. The number of hydrogen-bond acceptors (Lipinski definition) is 6. The molecule has 0 atom stereocenters. The standard InChI is InChI=1S/C17H22N6O2/c1-25-16-8-15(20-11-21-16)23(12-2-3-12)13-4-6-22(7-5-13)17(24)14-9-18-10-19-14/h8-13H,2-7H2,1H3,(H,18,19). The molecule has 0 radical (unpaired) electrons. The number of hydrogen-bond donors (Lipinski definition) is 1. The van der Waals surface area contributed by atoms with Crippen LogP contribution in [0.5, 0.6) is 5.88 Å². The number of anilines is 1. The molecule has 1 N–H and O–H groups in total. The Morgan fingerprint density at radius 1 is 1.24 bits per heavy atom. The summed E-state index contributed by atoms with van der Waals surface area (Å²) in [6, 6.07) is 2.83. The molecule has 25 heavy (non-hydrogen) atoms. The van der Waals surface area contributed by atoms with Crippen LogP contribution in [0.3, 0.4) is 0 Å². The largest absolute Gasteiger partial charge is 0.481 e. The van der Waals surface area contributed by atoms with Gasteiger partial charge in [-0.1, -0.05) is 0 Å². The third-order valence-electron chi connectivity index (χ3n) is 4.92. The number of aromatic nitrogens is 4. The molecule has 8 heteroatoms. The minimum atomic E-state index is 0.0256. The van der Waals surface area contributed by atoms with Crippen molar-refractivity contribution in [3.05, 3.63) is 30.6 Å². The highest BCUT2D eigenvalue weighted by Crippen LogP contribution is 2.36. The smallest absolute Gasteiger partial charge is 0.271 e. The Kier molecular flexibility index (Phi) is 4.25. The van der Waals surface area contributed by atoms with Crippen molar-refractivity contribution in [2.24, 2.45) is 0 Å². The van der Waals surface area contributed by atoms with Gasteiger partial charge in [0.25, 0.3) is 5.91 Å². The molecule has 2 aromatic heterocycles. The van der Waals surface area contributed by atoms with Crippen LogP contribution in [-0.2, 0) is 0 Å². The lowest BCUT2D eigenvalue weighted by atomic mass is 10.0. The fourth-order valence-corrected chi connectivity index (χ4v) is 3.50. The zero-order chi connectivity index (χ0) is 17.2. The van der Waals surface area contributed by atoms with Crippen molar-refractivity contribution in [2.45, 2.75) is 37.8 Å². The summed E-state index contributed by atoms with van der Waals surface area (Å²) in [6.45, 7) is 1.49. The number of likely N-dealkylation sites (tertiary alicyclic amines) is 1. The lowest BCUT2D eigenvalue weighted by Crippen LogP contribution is -2.48. The average Bonchev–Trinajstić information content (AvgIpc) is 3.33. The first-order valence-corrected chi connectivity index (χ1v) is 8.68. The van der Waals surface area contributed by atoms with Gasteiger partial charge in [0.1, 0.15) is 17.8 Å². The summed E-state index contributed by atoms with van der Waals surface area (Å²) in [5.41, 5.74) is 0.554. The van der Waals surface area contributed by atoms with E-state index in [0.717, 1.165) is 31.7 Å². The van der Waals surface area contributed by atoms with Crippen LogP contribution in [0.4, 0.5) is 5.82 Å². The monoisotopic (exact) mass is 342 g/mol. The van der Waals surface area contributed by atoms with Gasteiger partial charge in [0.05, 0.1) is 19.6 Å². The van der Waals surface area contributed by atoms with Crippen LogP contribution >= 0.6 is 0 Å². The van der Waals surface area contributed by atoms with Gasteiger partial charge in [-0.15, -0.1) is 0 Å². The summed E-state index contributed by atoms with van der Waals surface area (Å²) >= 11 is 0. The van der Waals surface area contributed by atoms with Gasteiger partial charge in [0, 0.05) is 31.2 Å². The predicted octanol–water partition coefficient (Wildman–Crippen LogP) is 1.48. The highest BCUT2D eigenvalue weighted by Gasteiger charge is 2.37. The van der Waals surface area contributed by atoms with Crippen molar-refractivity contribution in [1.29, 1.82) is 0 Å². The first kappa shape index (κ1) is 15.9. The molecular formula is C17H22N6O2. The number of methoxy groups -OCH3 is 1. The van der Waals surface area contributed by atoms with Crippen molar-refractivity contribution in [3.8, 4) is 5.88 Å². The molecule has 1 amide bonds. The Morgan fingerprint density at radius 3 is 2.64 bits per heavy atom. The minimum Gasteiger partial charge on any atom is -0.481 e. The summed E-state index contributed by atoms with van der Waals surface area (Å²) in [4.78, 5) is 32.1. The molecule has 1 saturated carbocycles. The summed E-state index contributed by atoms with van der Waals surface area (Å²) < 4.78 is 5.24. The summed E-state index contributed by atoms with van der Waals surface area (Å²) in [7, 11) is 1.62. The Balaban J connectivity index is 1.45. The van der Waals surface area contributed by atoms with E-state index in [2.05, 4.69) is 24.8 Å². The first-order chi connectivity index (χ1) is 12.3. The van der Waals surface area contributed by atoms with Crippen LogP contribution in [0, 0.1) is 0 Å². The summed E-state index contributed by atoms with van der Waals surface area (Å²) in [5, 5.41) is 0. The number of rotatable bonds is 5. The van der Waals surface area contributed by atoms with Gasteiger partial charge in [-0.2, -0.15) is 0 Å². The maximum atomic E-state index is 12.4. The van der Waals surface area contributed by atoms with E-state index in [0.29, 0.717) is 23.7 Å². The topological polar surface area (TPSA) is 87.2 Å². The lowest BCUT2D eigenvalue weighted by molar-refractivity contribution is 0.0706. The van der Waals surface area contributed by atoms with Gasteiger partial charge >= 0.3 is 0 Å². The highest BCUT2D eigenvalue weighted by atomic mass is 16.5. The molecule has 1 aliphatic carbocycles. The molecule has 0 spiro atoms. The van der Waals surface area contributed by atoms with Crippen LogP contribution in [0.15, 0.2) is 24.9 Å². The number of nitrogens with one attached hydrogen (secondary N) is 1. The number of ether oxygens (including phenoxy) is 1. The zero-order valence-electron chi connectivity index (χ0n) is 14.3. The van der Waals surface area contributed by atoms with E-state index in [1.54, 1.807) is 19.6 Å². The SMILES string of the molecule is COc1cc(N(C2CC2)C2CCN(C(=O)c3cnc[nH]3)CC2)ncn1. The number of nitrogens with zero attached hydrogens (tertiary/aromatic N) is 5. The highest BCUT2D eigenvalue weighted by molar-refractivity contribution is 5.92. The van der Waals surface area contributed by atoms with Crippen LogP contribution in [0.2, 0.25) is 0 Å². The predicted molar refractivity (Wildman–Crippen MR) is 91.6 cm³/mol. The summed E-state index contributed by atoms with van der Waals surface area (Å²) in [6.07, 6.45) is 8.93. The number of piperidine rings is 1. The van der Waals surface area contributed by atoms with Gasteiger partial charge in [-0.25, -0.2) is 15.0 Å². The molecule has 8 nitrogen and oxygen atoms in total. The van der Waals surface area contributed by atoms with Crippen LogP contribution in [0.25, 0.3) is 0 Å². The third kappa shape index (κ3) is 3.29. The van der Waals surface area contributed by atoms with Crippen molar-refractivity contribution in [2.75, 3.05) is 25.1 Å². The minimum absolute atomic E-state index is 0.0256. The van der Waals surface area contributed by atoms with Gasteiger partial charge in [0.15, 0.2) is 0 Å². The molecule has 0 aromatic carbocycles. The number of carbonyl (C=O) groups excluding carboxylic acids is 1. The number of carbonyl (C=O) groups is 1. The first-order valence-electron chi connectivity index (χ1n) is 8.68. The maximum absolute atomic E-state index is 12.4. The number of aromatic amines is 1. The molecule has 0 bridgehead atoms. The fourth-order valence-electron chi connectivity index (χ4n) is 3.50. The second kappa shape index (κ2) is 6.70. The molecule has 1 saturated heterocycles. The van der Waals surface area contributed by atoms with E-state index in [9.17, 15) is 4.79 Å². The molecule has 3 heterocycles. The molecule has 2 fully saturated rings. The Morgan fingerprint density at radius 2 is 2.00 bits per heavy atom. The number of imidazole rings is 1. The third-order valence-corrected chi connectivity index (χ3v) is 4.92. The Labute approximate surface area is 146 Å². The molecular weight excluding hydrogens is 320 g/mol. The van der Waals surface area contributed by atoms with Crippen molar-refractivity contribution in [3.63, 3.8) is 0 Å². The van der Waals surface area contributed by atoms with E-state index < -0.39 is 0 Å². The number of amides is 1. The van der Waals surface area contributed by atoms with Crippen LogP contribution < -0.4 is 9.64 Å². The molecule has 132 valence electrons. The van der Waals surface area contributed by atoms with Gasteiger partial charge in [-0.3, -0.25) is 4.79 Å².